The van der Waals surface area contributed by atoms with Gasteiger partial charge in [0.2, 0.25) is 0 Å². The standard InChI is InChI=1S/C12H19N3O2/c1-8-6-10(4-5-14-12(16)15-13)11(17-3)7-9(8)2/h6-7H,4-5,13H2,1-3H3,(H2,14,15,16). The second-order valence-electron chi connectivity index (χ2n) is 3.90. The van der Waals surface area contributed by atoms with Gasteiger partial charge in [0.15, 0.2) is 0 Å². The summed E-state index contributed by atoms with van der Waals surface area (Å²) in [6.45, 7) is 4.61. The molecule has 0 aliphatic heterocycles. The van der Waals surface area contributed by atoms with E-state index in [1.54, 1.807) is 7.11 Å². The number of aryl methyl sites for hydroxylation is 2. The summed E-state index contributed by atoms with van der Waals surface area (Å²) in [4.78, 5) is 10.9. The van der Waals surface area contributed by atoms with Crippen molar-refractivity contribution in [2.75, 3.05) is 13.7 Å². The third-order valence-corrected chi connectivity index (χ3v) is 2.71. The smallest absolute Gasteiger partial charge is 0.328 e. The van der Waals surface area contributed by atoms with Gasteiger partial charge in [0.25, 0.3) is 0 Å². The van der Waals surface area contributed by atoms with Crippen LogP contribution in [0.15, 0.2) is 12.1 Å². The molecule has 0 spiro atoms. The van der Waals surface area contributed by atoms with Gasteiger partial charge in [-0.2, -0.15) is 0 Å². The average molecular weight is 237 g/mol. The molecule has 5 heteroatoms. The molecule has 94 valence electrons. The van der Waals surface area contributed by atoms with Gasteiger partial charge in [-0.3, -0.25) is 5.43 Å². The molecule has 0 aliphatic rings. The molecule has 0 saturated heterocycles. The molecular formula is C12H19N3O2. The van der Waals surface area contributed by atoms with E-state index in [-0.39, 0.29) is 6.03 Å². The molecule has 5 nitrogen and oxygen atoms in total. The number of hydrazine groups is 1. The molecule has 1 rings (SSSR count). The first kappa shape index (κ1) is 13.3. The Balaban J connectivity index is 2.69. The van der Waals surface area contributed by atoms with E-state index in [1.807, 2.05) is 18.4 Å². The number of hydrogen-bond acceptors (Lipinski definition) is 3. The van der Waals surface area contributed by atoms with Gasteiger partial charge in [-0.25, -0.2) is 10.6 Å². The molecule has 0 heterocycles. The second-order valence-corrected chi connectivity index (χ2v) is 3.90. The van der Waals surface area contributed by atoms with Gasteiger partial charge in [-0.05, 0) is 43.0 Å². The molecule has 17 heavy (non-hydrogen) atoms. The molecule has 0 bridgehead atoms. The van der Waals surface area contributed by atoms with Crippen molar-refractivity contribution in [1.29, 1.82) is 0 Å². The molecular weight excluding hydrogens is 218 g/mol. The summed E-state index contributed by atoms with van der Waals surface area (Å²) in [5.41, 5.74) is 5.50. The molecule has 2 amide bonds. The first-order chi connectivity index (χ1) is 8.08. The van der Waals surface area contributed by atoms with Crippen molar-refractivity contribution in [1.82, 2.24) is 10.7 Å². The zero-order chi connectivity index (χ0) is 12.8. The number of ether oxygens (including phenoxy) is 1. The first-order valence-electron chi connectivity index (χ1n) is 5.47. The van der Waals surface area contributed by atoms with E-state index in [4.69, 9.17) is 10.6 Å². The summed E-state index contributed by atoms with van der Waals surface area (Å²) in [6.07, 6.45) is 0.706. The van der Waals surface area contributed by atoms with E-state index >= 15 is 0 Å². The van der Waals surface area contributed by atoms with Crippen LogP contribution in [-0.2, 0) is 6.42 Å². The number of nitrogens with one attached hydrogen (secondary N) is 2. The summed E-state index contributed by atoms with van der Waals surface area (Å²) < 4.78 is 5.31. The van der Waals surface area contributed by atoms with Gasteiger partial charge in [0, 0.05) is 6.54 Å². The fraction of sp³-hybridized carbons (Fsp3) is 0.417. The Kier molecular flexibility index (Phi) is 4.78. The maximum atomic E-state index is 10.9. The minimum atomic E-state index is -0.382. The SMILES string of the molecule is COc1cc(C)c(C)cc1CCNC(=O)NN. The highest BCUT2D eigenvalue weighted by atomic mass is 16.5. The fourth-order valence-electron chi connectivity index (χ4n) is 1.60. The van der Waals surface area contributed by atoms with Crippen LogP contribution in [-0.4, -0.2) is 19.7 Å². The molecule has 0 radical (unpaired) electrons. The zero-order valence-electron chi connectivity index (χ0n) is 10.5. The molecule has 0 aliphatic carbocycles. The topological polar surface area (TPSA) is 76.4 Å². The Morgan fingerprint density at radius 1 is 1.35 bits per heavy atom. The Morgan fingerprint density at radius 3 is 2.59 bits per heavy atom. The van der Waals surface area contributed by atoms with Crippen LogP contribution in [0.25, 0.3) is 0 Å². The molecule has 0 unspecified atom stereocenters. The van der Waals surface area contributed by atoms with Crippen molar-refractivity contribution in [3.8, 4) is 5.75 Å². The van der Waals surface area contributed by atoms with Crippen molar-refractivity contribution in [2.24, 2.45) is 5.84 Å². The Hall–Kier alpha value is -1.75. The molecule has 0 atom stereocenters. The number of rotatable bonds is 4. The monoisotopic (exact) mass is 237 g/mol. The lowest BCUT2D eigenvalue weighted by atomic mass is 10.0. The van der Waals surface area contributed by atoms with Crippen LogP contribution >= 0.6 is 0 Å². The van der Waals surface area contributed by atoms with Gasteiger partial charge < -0.3 is 10.1 Å². The van der Waals surface area contributed by atoms with Crippen LogP contribution in [0.3, 0.4) is 0 Å². The second kappa shape index (κ2) is 6.10. The Morgan fingerprint density at radius 2 is 2.00 bits per heavy atom. The van der Waals surface area contributed by atoms with Gasteiger partial charge in [-0.1, -0.05) is 6.07 Å². The highest BCUT2D eigenvalue weighted by molar-refractivity contribution is 5.73. The quantitative estimate of drug-likeness (QED) is 0.416. The van der Waals surface area contributed by atoms with E-state index in [2.05, 4.69) is 18.3 Å². The average Bonchev–Trinajstić information content (AvgIpc) is 2.32. The number of hydrogen-bond donors (Lipinski definition) is 3. The van der Waals surface area contributed by atoms with Crippen molar-refractivity contribution < 1.29 is 9.53 Å². The number of amides is 2. The maximum Gasteiger partial charge on any atom is 0.328 e. The first-order valence-corrected chi connectivity index (χ1v) is 5.47. The lowest BCUT2D eigenvalue weighted by Crippen LogP contribution is -2.40. The van der Waals surface area contributed by atoms with E-state index in [0.717, 1.165) is 11.3 Å². The Labute approximate surface area is 101 Å². The number of carbonyl (C=O) groups is 1. The minimum absolute atomic E-state index is 0.382. The summed E-state index contributed by atoms with van der Waals surface area (Å²) in [7, 11) is 1.65. The lowest BCUT2D eigenvalue weighted by Gasteiger charge is -2.12. The lowest BCUT2D eigenvalue weighted by molar-refractivity contribution is 0.241. The van der Waals surface area contributed by atoms with Crippen LogP contribution in [0.5, 0.6) is 5.75 Å². The van der Waals surface area contributed by atoms with Gasteiger partial charge in [0.05, 0.1) is 7.11 Å². The predicted octanol–water partition coefficient (Wildman–Crippen LogP) is 1.03. The van der Waals surface area contributed by atoms with Gasteiger partial charge in [-0.15, -0.1) is 0 Å². The van der Waals surface area contributed by atoms with E-state index in [0.29, 0.717) is 13.0 Å². The van der Waals surface area contributed by atoms with Crippen LogP contribution in [0.2, 0.25) is 0 Å². The van der Waals surface area contributed by atoms with E-state index in [9.17, 15) is 4.79 Å². The summed E-state index contributed by atoms with van der Waals surface area (Å²) in [5.74, 6) is 5.81. The third kappa shape index (κ3) is 3.64. The number of benzene rings is 1. The van der Waals surface area contributed by atoms with Crippen LogP contribution in [0, 0.1) is 13.8 Å². The number of methoxy groups -OCH3 is 1. The Bertz CT molecular complexity index is 405. The van der Waals surface area contributed by atoms with Gasteiger partial charge in [0.1, 0.15) is 5.75 Å². The highest BCUT2D eigenvalue weighted by Crippen LogP contribution is 2.23. The summed E-state index contributed by atoms with van der Waals surface area (Å²) in [5, 5.41) is 2.64. The number of urea groups is 1. The third-order valence-electron chi connectivity index (χ3n) is 2.71. The van der Waals surface area contributed by atoms with E-state index < -0.39 is 0 Å². The number of nitrogens with two attached hydrogens (primary N) is 1. The number of carbonyl (C=O) groups excluding carboxylic acids is 1. The molecule has 4 N–H and O–H groups in total. The maximum absolute atomic E-state index is 10.9. The summed E-state index contributed by atoms with van der Waals surface area (Å²) in [6, 6.07) is 3.71. The summed E-state index contributed by atoms with van der Waals surface area (Å²) >= 11 is 0. The van der Waals surface area contributed by atoms with Crippen molar-refractivity contribution in [3.05, 3.63) is 28.8 Å². The van der Waals surface area contributed by atoms with Crippen molar-refractivity contribution in [3.63, 3.8) is 0 Å². The zero-order valence-corrected chi connectivity index (χ0v) is 10.5. The predicted molar refractivity (Wildman–Crippen MR) is 66.9 cm³/mol. The molecule has 0 fully saturated rings. The fourth-order valence-corrected chi connectivity index (χ4v) is 1.60. The molecule has 0 aromatic heterocycles. The van der Waals surface area contributed by atoms with Crippen molar-refractivity contribution >= 4 is 6.03 Å². The normalized spacial score (nSPS) is 9.88. The molecule has 1 aromatic rings. The van der Waals surface area contributed by atoms with Gasteiger partial charge >= 0.3 is 6.03 Å². The minimum Gasteiger partial charge on any atom is -0.496 e. The van der Waals surface area contributed by atoms with Crippen molar-refractivity contribution in [2.45, 2.75) is 20.3 Å². The van der Waals surface area contributed by atoms with Crippen LogP contribution in [0.1, 0.15) is 16.7 Å². The highest BCUT2D eigenvalue weighted by Gasteiger charge is 2.06. The van der Waals surface area contributed by atoms with E-state index in [1.165, 1.54) is 11.1 Å². The molecule has 0 saturated carbocycles. The largest absolute Gasteiger partial charge is 0.496 e. The molecule has 1 aromatic carbocycles. The van der Waals surface area contributed by atoms with Crippen LogP contribution in [0.4, 0.5) is 4.79 Å². The van der Waals surface area contributed by atoms with Crippen LogP contribution < -0.4 is 21.3 Å².